The van der Waals surface area contributed by atoms with Crippen molar-refractivity contribution in [3.8, 4) is 0 Å². The van der Waals surface area contributed by atoms with Crippen LogP contribution >= 0.6 is 11.8 Å². The van der Waals surface area contributed by atoms with Gasteiger partial charge in [-0.05, 0) is 31.8 Å². The van der Waals surface area contributed by atoms with Crippen molar-refractivity contribution >= 4 is 11.8 Å². The summed E-state index contributed by atoms with van der Waals surface area (Å²) in [6.07, 6.45) is 4.06. The smallest absolute Gasteiger partial charge is 0.0512 e. The van der Waals surface area contributed by atoms with Gasteiger partial charge in [0.15, 0.2) is 0 Å². The quantitative estimate of drug-likeness (QED) is 0.588. The zero-order valence-electron chi connectivity index (χ0n) is 5.55. The van der Waals surface area contributed by atoms with E-state index in [0.29, 0.717) is 0 Å². The molecule has 0 aliphatic rings. The molecule has 0 saturated heterocycles. The molecule has 1 nitrogen and oxygen atoms in total. The molecule has 0 aromatic rings. The Balaban J connectivity index is 2.72. The Labute approximate surface area is 55.5 Å². The fourth-order valence-corrected chi connectivity index (χ4v) is 0.978. The average Bonchev–Trinajstić information content (AvgIpc) is 1.66. The van der Waals surface area contributed by atoms with Crippen molar-refractivity contribution in [1.82, 2.24) is 0 Å². The molecule has 0 unspecified atom stereocenters. The summed E-state index contributed by atoms with van der Waals surface area (Å²) in [6.45, 7) is 1.83. The second-order valence-corrected chi connectivity index (χ2v) is 2.97. The highest BCUT2D eigenvalue weighted by Gasteiger charge is 1.92. The van der Waals surface area contributed by atoms with Gasteiger partial charge in [0.05, 0.1) is 6.10 Å². The van der Waals surface area contributed by atoms with Crippen LogP contribution in [0.4, 0.5) is 0 Å². The molecule has 0 saturated carbocycles. The van der Waals surface area contributed by atoms with Crippen LogP contribution < -0.4 is 0 Å². The number of hydrogen-bond acceptors (Lipinski definition) is 2. The van der Waals surface area contributed by atoms with Gasteiger partial charge in [-0.1, -0.05) is 0 Å². The zero-order valence-corrected chi connectivity index (χ0v) is 6.37. The van der Waals surface area contributed by atoms with Gasteiger partial charge >= 0.3 is 0 Å². The van der Waals surface area contributed by atoms with Gasteiger partial charge in [-0.2, -0.15) is 11.8 Å². The Hall–Kier alpha value is 0.310. The van der Waals surface area contributed by atoms with Gasteiger partial charge in [0.25, 0.3) is 0 Å². The fourth-order valence-electron chi connectivity index (χ4n) is 0.523. The van der Waals surface area contributed by atoms with Crippen molar-refractivity contribution < 1.29 is 5.11 Å². The first-order valence-electron chi connectivity index (χ1n) is 2.94. The van der Waals surface area contributed by atoms with Crippen molar-refractivity contribution in [1.29, 1.82) is 0 Å². The van der Waals surface area contributed by atoms with E-state index in [0.717, 1.165) is 12.8 Å². The van der Waals surface area contributed by atoms with Crippen molar-refractivity contribution in [2.45, 2.75) is 25.9 Å². The van der Waals surface area contributed by atoms with Crippen LogP contribution in [-0.2, 0) is 0 Å². The third-order valence-electron chi connectivity index (χ3n) is 0.970. The van der Waals surface area contributed by atoms with Gasteiger partial charge in [-0.25, -0.2) is 0 Å². The Bertz CT molecular complexity index is 45.8. The first kappa shape index (κ1) is 8.31. The van der Waals surface area contributed by atoms with Gasteiger partial charge < -0.3 is 5.11 Å². The molecule has 0 aromatic heterocycles. The highest BCUT2D eigenvalue weighted by atomic mass is 32.2. The molecule has 0 heterocycles. The lowest BCUT2D eigenvalue weighted by molar-refractivity contribution is 0.184. The number of thioether (sulfide) groups is 1. The molecule has 2 heteroatoms. The van der Waals surface area contributed by atoms with Crippen LogP contribution in [0.15, 0.2) is 0 Å². The van der Waals surface area contributed by atoms with E-state index in [2.05, 4.69) is 6.26 Å². The Morgan fingerprint density at radius 3 is 2.62 bits per heavy atom. The molecule has 0 bridgehead atoms. The van der Waals surface area contributed by atoms with E-state index in [9.17, 15) is 0 Å². The van der Waals surface area contributed by atoms with Crippen LogP contribution in [0.1, 0.15) is 19.8 Å². The highest BCUT2D eigenvalue weighted by molar-refractivity contribution is 7.98. The largest absolute Gasteiger partial charge is 0.393 e. The van der Waals surface area contributed by atoms with Crippen molar-refractivity contribution in [2.24, 2.45) is 0 Å². The van der Waals surface area contributed by atoms with Crippen LogP contribution in [-0.4, -0.2) is 23.2 Å². The minimum Gasteiger partial charge on any atom is -0.393 e. The number of rotatable bonds is 4. The summed E-state index contributed by atoms with van der Waals surface area (Å²) in [4.78, 5) is 0. The van der Waals surface area contributed by atoms with Gasteiger partial charge in [-0.15, -0.1) is 0 Å². The minimum absolute atomic E-state index is 0.109. The topological polar surface area (TPSA) is 20.2 Å². The minimum atomic E-state index is -0.109. The Kier molecular flexibility index (Phi) is 5.66. The summed E-state index contributed by atoms with van der Waals surface area (Å²) in [5.74, 6) is 1.17. The van der Waals surface area contributed by atoms with Crippen LogP contribution in [0.3, 0.4) is 0 Å². The Morgan fingerprint density at radius 2 is 2.25 bits per heavy atom. The predicted molar refractivity (Wildman–Crippen MR) is 39.3 cm³/mol. The maximum absolute atomic E-state index is 8.77. The summed E-state index contributed by atoms with van der Waals surface area (Å²) in [5.41, 5.74) is 0. The van der Waals surface area contributed by atoms with E-state index >= 15 is 0 Å². The van der Waals surface area contributed by atoms with E-state index in [1.54, 1.807) is 0 Å². The molecular weight excluding hydrogens is 120 g/mol. The van der Waals surface area contributed by atoms with Crippen LogP contribution in [0.2, 0.25) is 0 Å². The normalized spacial score (nSPS) is 13.9. The lowest BCUT2D eigenvalue weighted by Gasteiger charge is -2.00. The molecular formula is C6H14OS. The Morgan fingerprint density at radius 1 is 1.62 bits per heavy atom. The molecule has 0 aliphatic carbocycles. The molecule has 8 heavy (non-hydrogen) atoms. The maximum atomic E-state index is 8.77. The molecule has 0 aliphatic heterocycles. The third-order valence-corrected chi connectivity index (χ3v) is 1.67. The maximum Gasteiger partial charge on any atom is 0.0512 e. The second-order valence-electron chi connectivity index (χ2n) is 1.98. The highest BCUT2D eigenvalue weighted by Crippen LogP contribution is 2.01. The molecule has 0 rings (SSSR count). The first-order valence-corrected chi connectivity index (χ1v) is 4.33. The monoisotopic (exact) mass is 134 g/mol. The summed E-state index contributed by atoms with van der Waals surface area (Å²) >= 11 is 1.83. The SMILES string of the molecule is CSCCC[C@H](C)O. The van der Waals surface area contributed by atoms with Crippen LogP contribution in [0.25, 0.3) is 0 Å². The van der Waals surface area contributed by atoms with Gasteiger partial charge in [0, 0.05) is 0 Å². The second kappa shape index (κ2) is 5.45. The fraction of sp³-hybridized carbons (Fsp3) is 1.00. The number of hydrogen-bond donors (Lipinski definition) is 1. The molecule has 0 spiro atoms. The predicted octanol–water partition coefficient (Wildman–Crippen LogP) is 1.51. The van der Waals surface area contributed by atoms with E-state index in [1.807, 2.05) is 18.7 Å². The van der Waals surface area contributed by atoms with Crippen LogP contribution in [0.5, 0.6) is 0 Å². The van der Waals surface area contributed by atoms with E-state index in [-0.39, 0.29) is 6.10 Å². The van der Waals surface area contributed by atoms with Crippen LogP contribution in [0, 0.1) is 0 Å². The standard InChI is InChI=1S/C6H14OS/c1-6(7)4-3-5-8-2/h6-7H,3-5H2,1-2H3/t6-/m0/s1. The summed E-state index contributed by atoms with van der Waals surface area (Å²) in [6, 6.07) is 0. The summed E-state index contributed by atoms with van der Waals surface area (Å²) in [5, 5.41) is 8.77. The van der Waals surface area contributed by atoms with Gasteiger partial charge in [0.1, 0.15) is 0 Å². The zero-order chi connectivity index (χ0) is 6.41. The molecule has 0 amide bonds. The number of aliphatic hydroxyl groups excluding tert-OH is 1. The third kappa shape index (κ3) is 6.31. The van der Waals surface area contributed by atoms with Gasteiger partial charge in [-0.3, -0.25) is 0 Å². The molecule has 0 radical (unpaired) electrons. The molecule has 0 fully saturated rings. The van der Waals surface area contributed by atoms with Crippen molar-refractivity contribution in [3.63, 3.8) is 0 Å². The average molecular weight is 134 g/mol. The lowest BCUT2D eigenvalue weighted by atomic mass is 10.2. The van der Waals surface area contributed by atoms with E-state index in [1.165, 1.54) is 5.75 Å². The first-order chi connectivity index (χ1) is 3.77. The van der Waals surface area contributed by atoms with Crippen molar-refractivity contribution in [3.05, 3.63) is 0 Å². The summed E-state index contributed by atoms with van der Waals surface area (Å²) < 4.78 is 0. The van der Waals surface area contributed by atoms with Crippen molar-refractivity contribution in [2.75, 3.05) is 12.0 Å². The van der Waals surface area contributed by atoms with E-state index < -0.39 is 0 Å². The molecule has 50 valence electrons. The molecule has 1 N–H and O–H groups in total. The van der Waals surface area contributed by atoms with E-state index in [4.69, 9.17) is 5.11 Å². The van der Waals surface area contributed by atoms with Gasteiger partial charge in [0.2, 0.25) is 0 Å². The number of aliphatic hydroxyl groups is 1. The summed E-state index contributed by atoms with van der Waals surface area (Å²) in [7, 11) is 0. The lowest BCUT2D eigenvalue weighted by Crippen LogP contribution is -1.98. The molecule has 1 atom stereocenters. The molecule has 0 aromatic carbocycles.